The van der Waals surface area contributed by atoms with Crippen LogP contribution in [-0.2, 0) is 6.54 Å². The standard InChI is InChI=1S/C15H18N4/c1-11(2)19-10-16-8-13(19)9-18-12(3)17-14-6-4-5-7-15(14)18/h4-8,10-11H,9H2,1-3H3. The van der Waals surface area contributed by atoms with Gasteiger partial charge in [-0.3, -0.25) is 0 Å². The van der Waals surface area contributed by atoms with Crippen LogP contribution in [0.4, 0.5) is 0 Å². The van der Waals surface area contributed by atoms with Crippen molar-refractivity contribution in [2.24, 2.45) is 0 Å². The Morgan fingerprint density at radius 3 is 2.79 bits per heavy atom. The van der Waals surface area contributed by atoms with Gasteiger partial charge in [-0.25, -0.2) is 9.97 Å². The average molecular weight is 254 g/mol. The second kappa shape index (κ2) is 4.53. The fourth-order valence-electron chi connectivity index (χ4n) is 2.48. The van der Waals surface area contributed by atoms with Gasteiger partial charge in [0, 0.05) is 12.2 Å². The zero-order chi connectivity index (χ0) is 13.4. The molecule has 0 atom stereocenters. The Kier molecular flexibility index (Phi) is 2.85. The van der Waals surface area contributed by atoms with E-state index in [-0.39, 0.29) is 0 Å². The molecule has 0 radical (unpaired) electrons. The molecule has 4 heteroatoms. The summed E-state index contributed by atoms with van der Waals surface area (Å²) in [6, 6.07) is 8.67. The van der Waals surface area contributed by atoms with Gasteiger partial charge < -0.3 is 9.13 Å². The van der Waals surface area contributed by atoms with E-state index in [1.165, 1.54) is 11.2 Å². The van der Waals surface area contributed by atoms with E-state index in [4.69, 9.17) is 0 Å². The first-order valence-electron chi connectivity index (χ1n) is 6.59. The van der Waals surface area contributed by atoms with Gasteiger partial charge in [0.05, 0.1) is 29.6 Å². The Hall–Kier alpha value is -2.10. The molecule has 0 unspecified atom stereocenters. The number of imidazole rings is 2. The molecule has 0 saturated heterocycles. The van der Waals surface area contributed by atoms with E-state index >= 15 is 0 Å². The minimum Gasteiger partial charge on any atom is -0.330 e. The number of benzene rings is 1. The average Bonchev–Trinajstić information content (AvgIpc) is 2.96. The Balaban J connectivity index is 2.06. The summed E-state index contributed by atoms with van der Waals surface area (Å²) in [4.78, 5) is 8.86. The van der Waals surface area contributed by atoms with Crippen LogP contribution in [0.25, 0.3) is 11.0 Å². The summed E-state index contributed by atoms with van der Waals surface area (Å²) in [5.74, 6) is 1.04. The number of nitrogens with zero attached hydrogens (tertiary/aromatic N) is 4. The summed E-state index contributed by atoms with van der Waals surface area (Å²) >= 11 is 0. The van der Waals surface area contributed by atoms with Crippen molar-refractivity contribution in [3.8, 4) is 0 Å². The van der Waals surface area contributed by atoms with E-state index in [0.29, 0.717) is 6.04 Å². The molecule has 0 spiro atoms. The third-order valence-corrected chi connectivity index (χ3v) is 3.47. The van der Waals surface area contributed by atoms with Gasteiger partial charge in [-0.2, -0.15) is 0 Å². The van der Waals surface area contributed by atoms with Crippen LogP contribution in [-0.4, -0.2) is 19.1 Å². The van der Waals surface area contributed by atoms with E-state index in [1.54, 1.807) is 0 Å². The zero-order valence-electron chi connectivity index (χ0n) is 11.5. The van der Waals surface area contributed by atoms with Crippen molar-refractivity contribution < 1.29 is 0 Å². The van der Waals surface area contributed by atoms with Crippen molar-refractivity contribution in [2.75, 3.05) is 0 Å². The summed E-state index contributed by atoms with van der Waals surface area (Å²) < 4.78 is 4.44. The lowest BCUT2D eigenvalue weighted by molar-refractivity contribution is 0.561. The molecule has 98 valence electrons. The molecular weight excluding hydrogens is 236 g/mol. The molecule has 3 rings (SSSR count). The third-order valence-electron chi connectivity index (χ3n) is 3.47. The molecule has 0 aliphatic carbocycles. The number of hydrogen-bond acceptors (Lipinski definition) is 2. The van der Waals surface area contributed by atoms with Crippen LogP contribution < -0.4 is 0 Å². The summed E-state index contributed by atoms with van der Waals surface area (Å²) in [5, 5.41) is 0. The summed E-state index contributed by atoms with van der Waals surface area (Å²) in [7, 11) is 0. The van der Waals surface area contributed by atoms with Crippen LogP contribution >= 0.6 is 0 Å². The third kappa shape index (κ3) is 2.03. The van der Waals surface area contributed by atoms with Crippen LogP contribution in [0, 0.1) is 6.92 Å². The first-order valence-corrected chi connectivity index (χ1v) is 6.59. The van der Waals surface area contributed by atoms with Crippen LogP contribution in [0.5, 0.6) is 0 Å². The number of fused-ring (bicyclic) bond motifs is 1. The summed E-state index contributed by atoms with van der Waals surface area (Å²) in [6.07, 6.45) is 3.84. The largest absolute Gasteiger partial charge is 0.330 e. The molecular formula is C15H18N4. The topological polar surface area (TPSA) is 35.6 Å². The van der Waals surface area contributed by atoms with Gasteiger partial charge in [-0.15, -0.1) is 0 Å². The highest BCUT2D eigenvalue weighted by atomic mass is 15.1. The highest BCUT2D eigenvalue weighted by molar-refractivity contribution is 5.75. The van der Waals surface area contributed by atoms with Gasteiger partial charge in [-0.1, -0.05) is 12.1 Å². The summed E-state index contributed by atoms with van der Waals surface area (Å²) in [5.41, 5.74) is 3.44. The first-order chi connectivity index (χ1) is 9.16. The van der Waals surface area contributed by atoms with Gasteiger partial charge in [0.25, 0.3) is 0 Å². The molecule has 0 bridgehead atoms. The predicted molar refractivity (Wildman–Crippen MR) is 76.2 cm³/mol. The van der Waals surface area contributed by atoms with Gasteiger partial charge in [0.1, 0.15) is 5.82 Å². The highest BCUT2D eigenvalue weighted by Crippen LogP contribution is 2.18. The molecule has 0 N–H and O–H groups in total. The number of hydrogen-bond donors (Lipinski definition) is 0. The maximum absolute atomic E-state index is 4.60. The van der Waals surface area contributed by atoms with Crippen molar-refractivity contribution in [1.29, 1.82) is 0 Å². The van der Waals surface area contributed by atoms with Gasteiger partial charge in [-0.05, 0) is 32.9 Å². The molecule has 2 heterocycles. The summed E-state index contributed by atoms with van der Waals surface area (Å²) in [6.45, 7) is 7.20. The Labute approximate surface area is 112 Å². The maximum atomic E-state index is 4.60. The highest BCUT2D eigenvalue weighted by Gasteiger charge is 2.10. The number of rotatable bonds is 3. The van der Waals surface area contributed by atoms with E-state index in [2.05, 4.69) is 58.1 Å². The molecule has 2 aromatic heterocycles. The molecule has 4 nitrogen and oxygen atoms in total. The number of para-hydroxylation sites is 2. The lowest BCUT2D eigenvalue weighted by Gasteiger charge is -2.13. The van der Waals surface area contributed by atoms with Crippen LogP contribution in [0.15, 0.2) is 36.8 Å². The maximum Gasteiger partial charge on any atom is 0.107 e. The Morgan fingerprint density at radius 1 is 1.21 bits per heavy atom. The Morgan fingerprint density at radius 2 is 2.00 bits per heavy atom. The van der Waals surface area contributed by atoms with Crippen LogP contribution in [0.3, 0.4) is 0 Å². The predicted octanol–water partition coefficient (Wildman–Crippen LogP) is 3.17. The van der Waals surface area contributed by atoms with E-state index in [9.17, 15) is 0 Å². The number of aromatic nitrogens is 4. The first kappa shape index (κ1) is 12.0. The van der Waals surface area contributed by atoms with Gasteiger partial charge in [0.15, 0.2) is 0 Å². The molecule has 0 aliphatic heterocycles. The smallest absolute Gasteiger partial charge is 0.107 e. The van der Waals surface area contributed by atoms with Crippen molar-refractivity contribution in [1.82, 2.24) is 19.1 Å². The normalized spacial score (nSPS) is 11.6. The SMILES string of the molecule is Cc1nc2ccccc2n1Cc1cncn1C(C)C. The second-order valence-electron chi connectivity index (χ2n) is 5.12. The molecule has 0 amide bonds. The van der Waals surface area contributed by atoms with Gasteiger partial charge in [0.2, 0.25) is 0 Å². The molecule has 19 heavy (non-hydrogen) atoms. The number of aryl methyl sites for hydroxylation is 1. The lowest BCUT2D eigenvalue weighted by Crippen LogP contribution is -2.09. The van der Waals surface area contributed by atoms with Crippen molar-refractivity contribution in [3.63, 3.8) is 0 Å². The zero-order valence-corrected chi connectivity index (χ0v) is 11.5. The quantitative estimate of drug-likeness (QED) is 0.719. The molecule has 3 aromatic rings. The fraction of sp³-hybridized carbons (Fsp3) is 0.333. The fourth-order valence-corrected chi connectivity index (χ4v) is 2.48. The van der Waals surface area contributed by atoms with Crippen LogP contribution in [0.2, 0.25) is 0 Å². The molecule has 1 aromatic carbocycles. The minimum absolute atomic E-state index is 0.424. The van der Waals surface area contributed by atoms with E-state index in [1.807, 2.05) is 18.6 Å². The van der Waals surface area contributed by atoms with E-state index < -0.39 is 0 Å². The van der Waals surface area contributed by atoms with Crippen molar-refractivity contribution in [3.05, 3.63) is 48.3 Å². The van der Waals surface area contributed by atoms with Crippen molar-refractivity contribution >= 4 is 11.0 Å². The second-order valence-corrected chi connectivity index (χ2v) is 5.12. The Bertz CT molecular complexity index is 706. The van der Waals surface area contributed by atoms with Gasteiger partial charge >= 0.3 is 0 Å². The van der Waals surface area contributed by atoms with Crippen molar-refractivity contribution in [2.45, 2.75) is 33.4 Å². The molecule has 0 fully saturated rings. The van der Waals surface area contributed by atoms with E-state index in [0.717, 1.165) is 17.9 Å². The molecule has 0 aliphatic rings. The molecule has 0 saturated carbocycles. The minimum atomic E-state index is 0.424. The lowest BCUT2D eigenvalue weighted by atomic mass is 10.3. The monoisotopic (exact) mass is 254 g/mol. The van der Waals surface area contributed by atoms with Crippen LogP contribution in [0.1, 0.15) is 31.4 Å².